The molecule has 10 heteroatoms. The number of carbonyl (C=O) groups excluding carboxylic acids is 1. The molecule has 4 rings (SSSR count). The molecule has 0 saturated heterocycles. The van der Waals surface area contributed by atoms with E-state index < -0.39 is 5.97 Å². The summed E-state index contributed by atoms with van der Waals surface area (Å²) in [6.07, 6.45) is 4.20. The number of aromatic nitrogens is 2. The highest BCUT2D eigenvalue weighted by Crippen LogP contribution is 2.31. The summed E-state index contributed by atoms with van der Waals surface area (Å²) in [6.45, 7) is 0.527. The van der Waals surface area contributed by atoms with Gasteiger partial charge in [0.25, 0.3) is 0 Å². The Morgan fingerprint density at radius 1 is 1.09 bits per heavy atom. The monoisotopic (exact) mass is 530 g/mol. The van der Waals surface area contributed by atoms with Gasteiger partial charge in [-0.25, -0.2) is 4.79 Å². The molecular weight excluding hydrogens is 511 g/mol. The van der Waals surface area contributed by atoms with Crippen LogP contribution in [0.4, 0.5) is 10.7 Å². The molecule has 0 saturated carbocycles. The Morgan fingerprint density at radius 2 is 1.88 bits per heavy atom. The van der Waals surface area contributed by atoms with E-state index in [1.165, 1.54) is 18.4 Å². The van der Waals surface area contributed by atoms with Gasteiger partial charge in [-0.05, 0) is 41.5 Å². The summed E-state index contributed by atoms with van der Waals surface area (Å²) < 4.78 is 6.71. The third kappa shape index (κ3) is 6.15. The van der Waals surface area contributed by atoms with Crippen molar-refractivity contribution in [1.82, 2.24) is 9.78 Å². The molecule has 2 aromatic heterocycles. The molecule has 174 valence electrons. The second-order valence-corrected chi connectivity index (χ2v) is 9.72. The van der Waals surface area contributed by atoms with E-state index in [9.17, 15) is 4.79 Å². The summed E-state index contributed by atoms with van der Waals surface area (Å²) in [5.41, 5.74) is 3.27. The summed E-state index contributed by atoms with van der Waals surface area (Å²) in [6, 6.07) is 17.3. The first kappa shape index (κ1) is 24.2. The van der Waals surface area contributed by atoms with Crippen LogP contribution in [0.3, 0.4) is 0 Å². The minimum atomic E-state index is -0.421. The first-order valence-electron chi connectivity index (χ1n) is 10.2. The topological polar surface area (TPSA) is 68.2 Å². The predicted molar refractivity (Wildman–Crippen MR) is 143 cm³/mol. The summed E-state index contributed by atoms with van der Waals surface area (Å²) >= 11 is 19.0. The third-order valence-electron chi connectivity index (χ3n) is 4.86. The Hall–Kier alpha value is -2.91. The summed E-state index contributed by atoms with van der Waals surface area (Å²) in [7, 11) is 1.36. The number of halogens is 2. The zero-order chi connectivity index (χ0) is 24.1. The highest BCUT2D eigenvalue weighted by atomic mass is 35.5. The van der Waals surface area contributed by atoms with E-state index in [-0.39, 0.29) is 0 Å². The lowest BCUT2D eigenvalue weighted by molar-refractivity contribution is 0.0602. The normalized spacial score (nSPS) is 10.7. The fraction of sp³-hybridized carbons (Fsp3) is 0.125. The van der Waals surface area contributed by atoms with E-state index in [0.29, 0.717) is 44.4 Å². The van der Waals surface area contributed by atoms with E-state index in [1.54, 1.807) is 16.9 Å². The third-order valence-corrected chi connectivity index (χ3v) is 6.85. The lowest BCUT2D eigenvalue weighted by Crippen LogP contribution is -2.19. The van der Waals surface area contributed by atoms with Gasteiger partial charge in [0.05, 0.1) is 41.1 Å². The van der Waals surface area contributed by atoms with Crippen molar-refractivity contribution < 1.29 is 9.53 Å². The Labute approximate surface area is 216 Å². The number of methoxy groups -OCH3 is 1. The maximum absolute atomic E-state index is 12.3. The van der Waals surface area contributed by atoms with Gasteiger partial charge in [0.1, 0.15) is 5.00 Å². The molecule has 0 bridgehead atoms. The van der Waals surface area contributed by atoms with Crippen LogP contribution in [-0.4, -0.2) is 28.0 Å². The Morgan fingerprint density at radius 3 is 2.62 bits per heavy atom. The molecule has 2 N–H and O–H groups in total. The van der Waals surface area contributed by atoms with Crippen LogP contribution < -0.4 is 10.6 Å². The molecule has 0 unspecified atom stereocenters. The van der Waals surface area contributed by atoms with E-state index in [4.69, 9.17) is 40.2 Å². The molecule has 6 nitrogen and oxygen atoms in total. The molecule has 0 aliphatic heterocycles. The van der Waals surface area contributed by atoms with Gasteiger partial charge in [-0.15, -0.1) is 11.3 Å². The molecule has 2 aromatic carbocycles. The van der Waals surface area contributed by atoms with Gasteiger partial charge in [0.15, 0.2) is 5.11 Å². The molecule has 0 atom stereocenters. The maximum atomic E-state index is 12.3. The van der Waals surface area contributed by atoms with Crippen LogP contribution in [0.15, 0.2) is 67.0 Å². The standard InChI is InChI=1S/C24H20Cl2N4O2S2/c1-32-23(31)19-11-18(9-15-5-3-2-4-6-15)34-22(19)29-24(33)28-17-12-27-30(14-17)13-16-7-8-20(25)21(26)10-16/h2-8,10-12,14H,9,13H2,1H3,(H2,28,29,33). The summed E-state index contributed by atoms with van der Waals surface area (Å²) in [5.74, 6) is -0.421. The number of hydrogen-bond acceptors (Lipinski definition) is 5. The van der Waals surface area contributed by atoms with Crippen LogP contribution in [0.1, 0.15) is 26.4 Å². The highest BCUT2D eigenvalue weighted by Gasteiger charge is 2.18. The van der Waals surface area contributed by atoms with Gasteiger partial charge in [0.2, 0.25) is 0 Å². The molecule has 0 radical (unpaired) electrons. The van der Waals surface area contributed by atoms with Crippen LogP contribution in [-0.2, 0) is 17.7 Å². The van der Waals surface area contributed by atoms with Crippen molar-refractivity contribution in [1.29, 1.82) is 0 Å². The molecule has 0 amide bonds. The SMILES string of the molecule is COC(=O)c1cc(Cc2ccccc2)sc1NC(=S)Nc1cnn(Cc2ccc(Cl)c(Cl)c2)c1. The Bertz CT molecular complexity index is 1320. The Kier molecular flexibility index (Phi) is 7.84. The van der Waals surface area contributed by atoms with Gasteiger partial charge < -0.3 is 15.4 Å². The number of nitrogens with zero attached hydrogens (tertiary/aromatic N) is 2. The van der Waals surface area contributed by atoms with Crippen molar-refractivity contribution >= 4 is 68.5 Å². The van der Waals surface area contributed by atoms with E-state index in [0.717, 1.165) is 16.0 Å². The van der Waals surface area contributed by atoms with Crippen molar-refractivity contribution in [2.75, 3.05) is 17.7 Å². The van der Waals surface area contributed by atoms with Crippen molar-refractivity contribution in [2.45, 2.75) is 13.0 Å². The smallest absolute Gasteiger partial charge is 0.340 e. The predicted octanol–water partition coefficient (Wildman–Crippen LogP) is 6.49. The summed E-state index contributed by atoms with van der Waals surface area (Å²) in [5, 5.41) is 12.6. The van der Waals surface area contributed by atoms with Crippen molar-refractivity contribution in [2.24, 2.45) is 0 Å². The molecule has 0 spiro atoms. The van der Waals surface area contributed by atoms with Crippen molar-refractivity contribution in [3.63, 3.8) is 0 Å². The fourth-order valence-corrected chi connectivity index (χ4v) is 4.97. The van der Waals surface area contributed by atoms with Crippen LogP contribution in [0, 0.1) is 0 Å². The lowest BCUT2D eigenvalue weighted by Gasteiger charge is -2.08. The second kappa shape index (κ2) is 11.0. The number of esters is 1. The second-order valence-electron chi connectivity index (χ2n) is 7.36. The van der Waals surface area contributed by atoms with Gasteiger partial charge in [-0.3, -0.25) is 4.68 Å². The van der Waals surface area contributed by atoms with E-state index in [2.05, 4.69) is 15.7 Å². The van der Waals surface area contributed by atoms with Crippen LogP contribution >= 0.6 is 46.8 Å². The van der Waals surface area contributed by atoms with Gasteiger partial charge in [-0.2, -0.15) is 5.10 Å². The number of rotatable bonds is 7. The number of thiophene rings is 1. The number of carbonyl (C=O) groups is 1. The van der Waals surface area contributed by atoms with Gasteiger partial charge in [-0.1, -0.05) is 59.6 Å². The maximum Gasteiger partial charge on any atom is 0.340 e. The molecular formula is C24H20Cl2N4O2S2. The quantitative estimate of drug-likeness (QED) is 0.210. The fourth-order valence-electron chi connectivity index (χ4n) is 3.29. The first-order valence-corrected chi connectivity index (χ1v) is 12.2. The first-order chi connectivity index (χ1) is 16.4. The van der Waals surface area contributed by atoms with Crippen LogP contribution in [0.5, 0.6) is 0 Å². The average molecular weight is 531 g/mol. The van der Waals surface area contributed by atoms with Crippen molar-refractivity contribution in [3.8, 4) is 0 Å². The minimum absolute atomic E-state index is 0.340. The minimum Gasteiger partial charge on any atom is -0.465 e. The van der Waals surface area contributed by atoms with E-state index in [1.807, 2.05) is 54.7 Å². The molecule has 0 fully saturated rings. The Balaban J connectivity index is 1.43. The molecule has 0 aliphatic rings. The average Bonchev–Trinajstić information content (AvgIpc) is 3.42. The number of ether oxygens (including phenoxy) is 1. The molecule has 0 aliphatic carbocycles. The summed E-state index contributed by atoms with van der Waals surface area (Å²) in [4.78, 5) is 13.3. The lowest BCUT2D eigenvalue weighted by atomic mass is 10.1. The molecule has 2 heterocycles. The van der Waals surface area contributed by atoms with E-state index >= 15 is 0 Å². The van der Waals surface area contributed by atoms with Crippen LogP contribution in [0.25, 0.3) is 0 Å². The van der Waals surface area contributed by atoms with Crippen molar-refractivity contribution in [3.05, 3.63) is 98.6 Å². The van der Waals surface area contributed by atoms with Gasteiger partial charge in [0, 0.05) is 17.5 Å². The number of anilines is 2. The zero-order valence-corrected chi connectivity index (χ0v) is 21.2. The number of benzene rings is 2. The molecule has 34 heavy (non-hydrogen) atoms. The molecule has 4 aromatic rings. The van der Waals surface area contributed by atoms with Gasteiger partial charge >= 0.3 is 5.97 Å². The highest BCUT2D eigenvalue weighted by molar-refractivity contribution is 7.80. The zero-order valence-electron chi connectivity index (χ0n) is 18.0. The largest absolute Gasteiger partial charge is 0.465 e. The number of hydrogen-bond donors (Lipinski definition) is 2. The number of thiocarbonyl (C=S) groups is 1. The number of nitrogens with one attached hydrogen (secondary N) is 2. The van der Waals surface area contributed by atoms with Crippen LogP contribution in [0.2, 0.25) is 10.0 Å².